The minimum atomic E-state index is 0.396. The van der Waals surface area contributed by atoms with E-state index in [1.165, 1.54) is 16.7 Å². The third-order valence-corrected chi connectivity index (χ3v) is 4.73. The molecule has 0 unspecified atom stereocenters. The Morgan fingerprint density at radius 2 is 1.71 bits per heavy atom. The SMILES string of the molecule is Cc1ccc(-c2nc(NCc3nn[nH]n3)ncc2-c2ccc(C)c(C)c2)cc1. The van der Waals surface area contributed by atoms with Gasteiger partial charge in [-0.2, -0.15) is 5.21 Å². The summed E-state index contributed by atoms with van der Waals surface area (Å²) in [5, 5.41) is 17.0. The average Bonchev–Trinajstić information content (AvgIpc) is 3.23. The van der Waals surface area contributed by atoms with Crippen molar-refractivity contribution in [3.05, 3.63) is 71.2 Å². The van der Waals surface area contributed by atoms with Gasteiger partial charge >= 0.3 is 0 Å². The largest absolute Gasteiger partial charge is 0.347 e. The van der Waals surface area contributed by atoms with E-state index in [4.69, 9.17) is 4.98 Å². The fourth-order valence-corrected chi connectivity index (χ4v) is 2.93. The molecule has 28 heavy (non-hydrogen) atoms. The molecule has 0 saturated carbocycles. The highest BCUT2D eigenvalue weighted by molar-refractivity contribution is 5.81. The van der Waals surface area contributed by atoms with E-state index in [1.54, 1.807) is 0 Å². The van der Waals surface area contributed by atoms with Crippen LogP contribution in [0.15, 0.2) is 48.7 Å². The normalized spacial score (nSPS) is 10.8. The van der Waals surface area contributed by atoms with Gasteiger partial charge in [0.25, 0.3) is 0 Å². The number of nitrogens with zero attached hydrogens (tertiary/aromatic N) is 5. The number of rotatable bonds is 5. The molecule has 4 aromatic rings. The fraction of sp³-hybridized carbons (Fsp3) is 0.190. The van der Waals surface area contributed by atoms with Crippen LogP contribution in [0.5, 0.6) is 0 Å². The van der Waals surface area contributed by atoms with E-state index in [2.05, 4.69) is 94.2 Å². The molecule has 2 heterocycles. The lowest BCUT2D eigenvalue weighted by Gasteiger charge is -2.13. The molecule has 140 valence electrons. The highest BCUT2D eigenvalue weighted by Crippen LogP contribution is 2.32. The van der Waals surface area contributed by atoms with Gasteiger partial charge < -0.3 is 5.32 Å². The number of aromatic amines is 1. The average molecular weight is 371 g/mol. The maximum atomic E-state index is 4.79. The van der Waals surface area contributed by atoms with Crippen molar-refractivity contribution in [3.63, 3.8) is 0 Å². The van der Waals surface area contributed by atoms with Crippen molar-refractivity contribution in [2.45, 2.75) is 27.3 Å². The molecular weight excluding hydrogens is 350 g/mol. The first-order valence-electron chi connectivity index (χ1n) is 9.08. The summed E-state index contributed by atoms with van der Waals surface area (Å²) in [6.45, 7) is 6.70. The molecule has 0 aliphatic heterocycles. The molecule has 0 atom stereocenters. The van der Waals surface area contributed by atoms with Crippen LogP contribution in [0.3, 0.4) is 0 Å². The Kier molecular flexibility index (Phi) is 4.80. The topological polar surface area (TPSA) is 92.3 Å². The first-order valence-corrected chi connectivity index (χ1v) is 9.08. The van der Waals surface area contributed by atoms with Crippen LogP contribution in [0, 0.1) is 20.8 Å². The van der Waals surface area contributed by atoms with Gasteiger partial charge in [-0.25, -0.2) is 9.97 Å². The Morgan fingerprint density at radius 1 is 0.929 bits per heavy atom. The molecule has 0 saturated heterocycles. The van der Waals surface area contributed by atoms with Gasteiger partial charge in [0.05, 0.1) is 12.2 Å². The zero-order chi connectivity index (χ0) is 19.5. The molecule has 0 fully saturated rings. The molecule has 0 spiro atoms. The van der Waals surface area contributed by atoms with Crippen LogP contribution in [0.4, 0.5) is 5.95 Å². The lowest BCUT2D eigenvalue weighted by atomic mass is 9.97. The smallest absolute Gasteiger partial charge is 0.223 e. The van der Waals surface area contributed by atoms with Gasteiger partial charge in [0.15, 0.2) is 5.82 Å². The number of hydrogen-bond donors (Lipinski definition) is 2. The number of tetrazole rings is 1. The molecule has 2 N–H and O–H groups in total. The molecule has 0 aliphatic carbocycles. The Hall–Kier alpha value is -3.61. The third-order valence-electron chi connectivity index (χ3n) is 4.73. The van der Waals surface area contributed by atoms with E-state index in [1.807, 2.05) is 6.20 Å². The molecule has 7 heteroatoms. The summed E-state index contributed by atoms with van der Waals surface area (Å²) in [5.41, 5.74) is 7.74. The van der Waals surface area contributed by atoms with Gasteiger partial charge in [0.1, 0.15) is 0 Å². The van der Waals surface area contributed by atoms with E-state index < -0.39 is 0 Å². The van der Waals surface area contributed by atoms with Crippen LogP contribution in [-0.4, -0.2) is 30.6 Å². The second kappa shape index (κ2) is 7.56. The lowest BCUT2D eigenvalue weighted by molar-refractivity contribution is 0.881. The molecule has 0 radical (unpaired) electrons. The first kappa shape index (κ1) is 17.8. The number of nitrogens with one attached hydrogen (secondary N) is 2. The van der Waals surface area contributed by atoms with Crippen molar-refractivity contribution in [2.24, 2.45) is 0 Å². The zero-order valence-corrected chi connectivity index (χ0v) is 16.1. The van der Waals surface area contributed by atoms with E-state index in [0.29, 0.717) is 18.3 Å². The molecule has 2 aromatic carbocycles. The third kappa shape index (κ3) is 3.73. The van der Waals surface area contributed by atoms with E-state index in [0.717, 1.165) is 22.4 Å². The second-order valence-electron chi connectivity index (χ2n) is 6.80. The Balaban J connectivity index is 1.75. The highest BCUT2D eigenvalue weighted by Gasteiger charge is 2.13. The number of anilines is 1. The summed E-state index contributed by atoms with van der Waals surface area (Å²) in [6, 6.07) is 14.8. The summed E-state index contributed by atoms with van der Waals surface area (Å²) < 4.78 is 0. The highest BCUT2D eigenvalue weighted by atomic mass is 15.5. The summed E-state index contributed by atoms with van der Waals surface area (Å²) >= 11 is 0. The monoisotopic (exact) mass is 371 g/mol. The van der Waals surface area contributed by atoms with Crippen molar-refractivity contribution >= 4 is 5.95 Å². The predicted octanol–water partition coefficient (Wildman–Crippen LogP) is 3.86. The standard InChI is InChI=1S/C21H21N7/c1-13-4-7-16(8-5-13)20-18(17-9-6-14(2)15(3)10-17)11-22-21(24-20)23-12-19-25-27-28-26-19/h4-11H,12H2,1-3H3,(H,22,23,24)(H,25,26,27,28). The summed E-state index contributed by atoms with van der Waals surface area (Å²) in [5.74, 6) is 1.08. The number of aromatic nitrogens is 6. The molecule has 0 aliphatic rings. The second-order valence-corrected chi connectivity index (χ2v) is 6.80. The Morgan fingerprint density at radius 3 is 2.43 bits per heavy atom. The zero-order valence-electron chi connectivity index (χ0n) is 16.1. The van der Waals surface area contributed by atoms with Gasteiger partial charge in [-0.3, -0.25) is 0 Å². The summed E-state index contributed by atoms with van der Waals surface area (Å²) in [4.78, 5) is 9.29. The van der Waals surface area contributed by atoms with Crippen LogP contribution >= 0.6 is 0 Å². The summed E-state index contributed by atoms with van der Waals surface area (Å²) in [6.07, 6.45) is 1.87. The molecule has 7 nitrogen and oxygen atoms in total. The van der Waals surface area contributed by atoms with E-state index in [-0.39, 0.29) is 0 Å². The van der Waals surface area contributed by atoms with Gasteiger partial charge in [0.2, 0.25) is 5.95 Å². The van der Waals surface area contributed by atoms with Crippen molar-refractivity contribution < 1.29 is 0 Å². The number of aryl methyl sites for hydroxylation is 3. The Labute approximate surface area is 163 Å². The molecular formula is C21H21N7. The first-order chi connectivity index (χ1) is 13.6. The van der Waals surface area contributed by atoms with Crippen LogP contribution in [-0.2, 0) is 6.54 Å². The van der Waals surface area contributed by atoms with E-state index in [9.17, 15) is 0 Å². The predicted molar refractivity (Wildman–Crippen MR) is 109 cm³/mol. The number of hydrogen-bond acceptors (Lipinski definition) is 6. The maximum Gasteiger partial charge on any atom is 0.223 e. The van der Waals surface area contributed by atoms with Gasteiger partial charge in [-0.15, -0.1) is 10.2 Å². The quantitative estimate of drug-likeness (QED) is 0.553. The van der Waals surface area contributed by atoms with Gasteiger partial charge in [0, 0.05) is 17.3 Å². The van der Waals surface area contributed by atoms with Crippen LogP contribution in [0.1, 0.15) is 22.5 Å². The molecule has 0 bridgehead atoms. The molecule has 0 amide bonds. The van der Waals surface area contributed by atoms with Gasteiger partial charge in [-0.05, 0) is 37.5 Å². The lowest BCUT2D eigenvalue weighted by Crippen LogP contribution is -2.06. The van der Waals surface area contributed by atoms with Crippen molar-refractivity contribution in [1.82, 2.24) is 30.6 Å². The van der Waals surface area contributed by atoms with Crippen LogP contribution in [0.25, 0.3) is 22.4 Å². The minimum Gasteiger partial charge on any atom is -0.347 e. The number of benzene rings is 2. The van der Waals surface area contributed by atoms with Crippen LogP contribution in [0.2, 0.25) is 0 Å². The van der Waals surface area contributed by atoms with Crippen molar-refractivity contribution in [2.75, 3.05) is 5.32 Å². The Bertz CT molecular complexity index is 1090. The van der Waals surface area contributed by atoms with Gasteiger partial charge in [-0.1, -0.05) is 53.2 Å². The maximum absolute atomic E-state index is 4.79. The molecule has 4 rings (SSSR count). The molecule has 2 aromatic heterocycles. The van der Waals surface area contributed by atoms with Crippen LogP contribution < -0.4 is 5.32 Å². The minimum absolute atomic E-state index is 0.396. The van der Waals surface area contributed by atoms with E-state index >= 15 is 0 Å². The van der Waals surface area contributed by atoms with Crippen molar-refractivity contribution in [3.8, 4) is 22.4 Å². The van der Waals surface area contributed by atoms with Crippen molar-refractivity contribution in [1.29, 1.82) is 0 Å². The number of H-pyrrole nitrogens is 1. The summed E-state index contributed by atoms with van der Waals surface area (Å²) in [7, 11) is 0. The fourth-order valence-electron chi connectivity index (χ4n) is 2.93.